The molecule has 8 heteroatoms. The van der Waals surface area contributed by atoms with E-state index in [0.717, 1.165) is 18.3 Å². The van der Waals surface area contributed by atoms with Gasteiger partial charge in [-0.25, -0.2) is 8.42 Å². The molecule has 0 aromatic heterocycles. The van der Waals surface area contributed by atoms with E-state index >= 15 is 0 Å². The topological polar surface area (TPSA) is 70.0 Å². The molecule has 0 aliphatic rings. The lowest BCUT2D eigenvalue weighted by Crippen LogP contribution is -2.29. The van der Waals surface area contributed by atoms with E-state index in [-0.39, 0.29) is 5.69 Å². The van der Waals surface area contributed by atoms with Crippen molar-refractivity contribution < 1.29 is 21.6 Å². The number of sulfone groups is 1. The SMILES string of the molecule is CC(C)(C)S(=O)(=O)/C(C#N)=C\Nc1cccc(C(F)(F)F)c1. The minimum atomic E-state index is -4.50. The van der Waals surface area contributed by atoms with Crippen molar-refractivity contribution in [3.63, 3.8) is 0 Å². The summed E-state index contributed by atoms with van der Waals surface area (Å²) in [5.74, 6) is 0. The van der Waals surface area contributed by atoms with Crippen molar-refractivity contribution >= 4 is 15.5 Å². The maximum absolute atomic E-state index is 12.6. The van der Waals surface area contributed by atoms with Gasteiger partial charge >= 0.3 is 6.18 Å². The molecular formula is C14H15F3N2O2S. The highest BCUT2D eigenvalue weighted by Gasteiger charge is 2.33. The molecule has 0 amide bonds. The predicted octanol–water partition coefficient (Wildman–Crippen LogP) is 3.70. The Morgan fingerprint density at radius 2 is 1.86 bits per heavy atom. The number of alkyl halides is 3. The van der Waals surface area contributed by atoms with Gasteiger partial charge in [0, 0.05) is 11.9 Å². The van der Waals surface area contributed by atoms with E-state index in [2.05, 4.69) is 5.32 Å². The Bertz CT molecular complexity index is 724. The van der Waals surface area contributed by atoms with Crippen LogP contribution in [0.5, 0.6) is 0 Å². The van der Waals surface area contributed by atoms with E-state index in [1.807, 2.05) is 0 Å². The predicted molar refractivity (Wildman–Crippen MR) is 77.4 cm³/mol. The Kier molecular flexibility index (Phi) is 4.92. The Balaban J connectivity index is 3.13. The van der Waals surface area contributed by atoms with Crippen molar-refractivity contribution in [1.29, 1.82) is 5.26 Å². The average molecular weight is 332 g/mol. The van der Waals surface area contributed by atoms with Gasteiger partial charge in [0.15, 0.2) is 14.7 Å². The molecular weight excluding hydrogens is 317 g/mol. The molecule has 22 heavy (non-hydrogen) atoms. The van der Waals surface area contributed by atoms with Crippen molar-refractivity contribution in [3.8, 4) is 6.07 Å². The normalized spacial score (nSPS) is 13.6. The largest absolute Gasteiger partial charge is 0.416 e. The summed E-state index contributed by atoms with van der Waals surface area (Å²) >= 11 is 0. The third-order valence-corrected chi connectivity index (χ3v) is 5.17. The number of anilines is 1. The molecule has 1 aromatic rings. The van der Waals surface area contributed by atoms with Gasteiger partial charge in [-0.2, -0.15) is 18.4 Å². The van der Waals surface area contributed by atoms with Crippen molar-refractivity contribution in [3.05, 3.63) is 40.9 Å². The van der Waals surface area contributed by atoms with Crippen molar-refractivity contribution in [1.82, 2.24) is 0 Å². The molecule has 0 atom stereocenters. The monoisotopic (exact) mass is 332 g/mol. The molecule has 4 nitrogen and oxygen atoms in total. The zero-order valence-electron chi connectivity index (χ0n) is 12.2. The highest BCUT2D eigenvalue weighted by atomic mass is 32.2. The van der Waals surface area contributed by atoms with Gasteiger partial charge in [0.25, 0.3) is 0 Å². The van der Waals surface area contributed by atoms with Crippen LogP contribution in [0.15, 0.2) is 35.4 Å². The third-order valence-electron chi connectivity index (χ3n) is 2.77. The minimum absolute atomic E-state index is 0.0340. The van der Waals surface area contributed by atoms with Crippen LogP contribution in [0.1, 0.15) is 26.3 Å². The first-order chi connectivity index (χ1) is 9.89. The lowest BCUT2D eigenvalue weighted by atomic mass is 10.2. The quantitative estimate of drug-likeness (QED) is 0.857. The number of hydrogen-bond donors (Lipinski definition) is 1. The van der Waals surface area contributed by atoms with Gasteiger partial charge in [0.1, 0.15) is 6.07 Å². The molecule has 0 aliphatic carbocycles. The zero-order valence-corrected chi connectivity index (χ0v) is 13.0. The molecule has 0 saturated carbocycles. The molecule has 120 valence electrons. The summed E-state index contributed by atoms with van der Waals surface area (Å²) in [5.41, 5.74) is -0.838. The van der Waals surface area contributed by atoms with Gasteiger partial charge in [0.05, 0.1) is 10.3 Å². The van der Waals surface area contributed by atoms with Crippen LogP contribution >= 0.6 is 0 Å². The highest BCUT2D eigenvalue weighted by Crippen LogP contribution is 2.31. The Labute approximate surface area is 127 Å². The zero-order chi connectivity index (χ0) is 17.2. The van der Waals surface area contributed by atoms with Gasteiger partial charge in [0.2, 0.25) is 0 Å². The fourth-order valence-corrected chi connectivity index (χ4v) is 2.43. The first-order valence-electron chi connectivity index (χ1n) is 6.18. The van der Waals surface area contributed by atoms with E-state index < -0.39 is 31.2 Å². The number of rotatable bonds is 3. The first-order valence-corrected chi connectivity index (χ1v) is 7.66. The molecule has 0 spiro atoms. The van der Waals surface area contributed by atoms with Crippen LogP contribution in [-0.4, -0.2) is 13.2 Å². The summed E-state index contributed by atoms with van der Waals surface area (Å²) in [6.45, 7) is 4.29. The number of nitriles is 1. The molecule has 0 fully saturated rings. The van der Waals surface area contributed by atoms with E-state index in [1.54, 1.807) is 6.07 Å². The second kappa shape index (κ2) is 6.01. The first kappa shape index (κ1) is 18.0. The van der Waals surface area contributed by atoms with Crippen LogP contribution in [-0.2, 0) is 16.0 Å². The summed E-state index contributed by atoms with van der Waals surface area (Å²) in [4.78, 5) is -0.544. The van der Waals surface area contributed by atoms with E-state index in [1.165, 1.54) is 32.9 Å². The molecule has 0 unspecified atom stereocenters. The number of benzene rings is 1. The van der Waals surface area contributed by atoms with Gasteiger partial charge < -0.3 is 5.32 Å². The lowest BCUT2D eigenvalue weighted by molar-refractivity contribution is -0.137. The molecule has 0 aliphatic heterocycles. The highest BCUT2D eigenvalue weighted by molar-refractivity contribution is 7.96. The number of halogens is 3. The Morgan fingerprint density at radius 1 is 1.27 bits per heavy atom. The van der Waals surface area contributed by atoms with Gasteiger partial charge in [-0.15, -0.1) is 0 Å². The maximum Gasteiger partial charge on any atom is 0.416 e. The van der Waals surface area contributed by atoms with Crippen LogP contribution in [0.2, 0.25) is 0 Å². The Hall–Kier alpha value is -2.01. The third kappa shape index (κ3) is 4.01. The molecule has 0 heterocycles. The standard InChI is InChI=1S/C14H15F3N2O2S/c1-13(2,3)22(20,21)12(8-18)9-19-11-6-4-5-10(7-11)14(15,16)17/h4-7,9,19H,1-3H3/b12-9-. The maximum atomic E-state index is 12.6. The van der Waals surface area contributed by atoms with Crippen LogP contribution in [0.4, 0.5) is 18.9 Å². The summed E-state index contributed by atoms with van der Waals surface area (Å²) in [7, 11) is -3.88. The lowest BCUT2D eigenvalue weighted by Gasteiger charge is -2.18. The second-order valence-corrected chi connectivity index (χ2v) is 8.13. The summed E-state index contributed by atoms with van der Waals surface area (Å²) in [6, 6.07) is 5.80. The minimum Gasteiger partial charge on any atom is -0.360 e. The molecule has 1 aromatic carbocycles. The van der Waals surface area contributed by atoms with E-state index in [4.69, 9.17) is 5.26 Å². The molecule has 1 rings (SSSR count). The fourth-order valence-electron chi connectivity index (χ4n) is 1.43. The number of nitrogens with one attached hydrogen (secondary N) is 1. The van der Waals surface area contributed by atoms with Crippen LogP contribution in [0.25, 0.3) is 0 Å². The van der Waals surface area contributed by atoms with E-state index in [0.29, 0.717) is 0 Å². The van der Waals surface area contributed by atoms with Crippen LogP contribution in [0.3, 0.4) is 0 Å². The van der Waals surface area contributed by atoms with Gasteiger partial charge in [-0.3, -0.25) is 0 Å². The van der Waals surface area contributed by atoms with Crippen LogP contribution < -0.4 is 5.32 Å². The summed E-state index contributed by atoms with van der Waals surface area (Å²) in [6.07, 6.45) is -3.60. The van der Waals surface area contributed by atoms with Gasteiger partial charge in [-0.1, -0.05) is 6.07 Å². The van der Waals surface area contributed by atoms with Crippen molar-refractivity contribution in [2.24, 2.45) is 0 Å². The number of allylic oxidation sites excluding steroid dienone is 1. The molecule has 0 bridgehead atoms. The molecule has 0 saturated heterocycles. The Morgan fingerprint density at radius 3 is 2.32 bits per heavy atom. The molecule has 0 radical (unpaired) electrons. The molecule has 1 N–H and O–H groups in total. The number of hydrogen-bond acceptors (Lipinski definition) is 4. The van der Waals surface area contributed by atoms with Crippen LogP contribution in [0, 0.1) is 11.3 Å². The fraction of sp³-hybridized carbons (Fsp3) is 0.357. The summed E-state index contributed by atoms with van der Waals surface area (Å²) in [5, 5.41) is 11.4. The summed E-state index contributed by atoms with van der Waals surface area (Å²) < 4.78 is 60.8. The van der Waals surface area contributed by atoms with Gasteiger partial charge in [-0.05, 0) is 39.0 Å². The second-order valence-electron chi connectivity index (χ2n) is 5.46. The number of nitrogens with zero attached hydrogens (tertiary/aromatic N) is 1. The average Bonchev–Trinajstić information content (AvgIpc) is 2.37. The van der Waals surface area contributed by atoms with Crippen molar-refractivity contribution in [2.75, 3.05) is 5.32 Å². The smallest absolute Gasteiger partial charge is 0.360 e. The van der Waals surface area contributed by atoms with Crippen molar-refractivity contribution in [2.45, 2.75) is 31.7 Å². The van der Waals surface area contributed by atoms with E-state index in [9.17, 15) is 21.6 Å².